The fourth-order valence-electron chi connectivity index (χ4n) is 2.91. The summed E-state index contributed by atoms with van der Waals surface area (Å²) >= 11 is 0. The molecule has 1 amide bonds. The number of H-pyrrole nitrogens is 2. The number of nitrogens with zero attached hydrogens (tertiary/aromatic N) is 4. The number of fused-ring (bicyclic) bond motifs is 1. The van der Waals surface area contributed by atoms with E-state index in [1.807, 2.05) is 0 Å². The Labute approximate surface area is 141 Å². The highest BCUT2D eigenvalue weighted by atomic mass is 16.2. The first-order valence-corrected chi connectivity index (χ1v) is 7.95. The molecule has 1 aliphatic carbocycles. The zero-order valence-electron chi connectivity index (χ0n) is 13.2. The number of nitriles is 1. The molecule has 1 saturated carbocycles. The fourth-order valence-corrected chi connectivity index (χ4v) is 2.91. The molecule has 3 N–H and O–H groups in total. The van der Waals surface area contributed by atoms with E-state index in [0.29, 0.717) is 29.1 Å². The number of nitrogens with one attached hydrogen (secondary N) is 3. The van der Waals surface area contributed by atoms with Crippen LogP contribution >= 0.6 is 0 Å². The van der Waals surface area contributed by atoms with Gasteiger partial charge in [-0.25, -0.2) is 14.6 Å². The minimum Gasteiger partial charge on any atom is -0.332 e. The van der Waals surface area contributed by atoms with Gasteiger partial charge < -0.3 is 10.3 Å². The third-order valence-electron chi connectivity index (χ3n) is 4.33. The molecule has 0 bridgehead atoms. The first-order chi connectivity index (χ1) is 12.2. The maximum Gasteiger partial charge on any atom is 0.342 e. The van der Waals surface area contributed by atoms with E-state index in [0.717, 1.165) is 18.4 Å². The molecule has 126 valence electrons. The van der Waals surface area contributed by atoms with E-state index in [1.165, 1.54) is 4.68 Å². The second-order valence-electron chi connectivity index (χ2n) is 6.09. The summed E-state index contributed by atoms with van der Waals surface area (Å²) in [6, 6.07) is 3.35. The van der Waals surface area contributed by atoms with Gasteiger partial charge in [0.15, 0.2) is 5.65 Å². The van der Waals surface area contributed by atoms with Gasteiger partial charge in [0.2, 0.25) is 0 Å². The highest BCUT2D eigenvalue weighted by Gasteiger charge is 2.32. The van der Waals surface area contributed by atoms with Crippen LogP contribution in [0.15, 0.2) is 29.5 Å². The largest absolute Gasteiger partial charge is 0.342 e. The van der Waals surface area contributed by atoms with Gasteiger partial charge in [-0.1, -0.05) is 0 Å². The lowest BCUT2D eigenvalue weighted by Gasteiger charge is -2.14. The molecule has 0 spiro atoms. The van der Waals surface area contributed by atoms with Crippen LogP contribution in [0.1, 0.15) is 19.3 Å². The van der Waals surface area contributed by atoms with Crippen molar-refractivity contribution in [3.05, 3.63) is 35.1 Å². The lowest BCUT2D eigenvalue weighted by Crippen LogP contribution is -2.39. The Morgan fingerprint density at radius 3 is 3.08 bits per heavy atom. The molecule has 0 aromatic carbocycles. The van der Waals surface area contributed by atoms with Crippen molar-refractivity contribution in [2.45, 2.75) is 25.3 Å². The Bertz CT molecular complexity index is 1030. The maximum atomic E-state index is 12.4. The van der Waals surface area contributed by atoms with Crippen LogP contribution in [0.25, 0.3) is 22.3 Å². The van der Waals surface area contributed by atoms with Crippen molar-refractivity contribution in [3.8, 4) is 17.2 Å². The van der Waals surface area contributed by atoms with Crippen molar-refractivity contribution in [2.24, 2.45) is 5.92 Å². The SMILES string of the molecule is N#CCC(NC(=O)n1cc(-c2ccnc3[nH]c(=O)[nH]c23)cn1)C1CC1. The van der Waals surface area contributed by atoms with Gasteiger partial charge in [-0.3, -0.25) is 4.98 Å². The molecule has 4 rings (SSSR count). The first-order valence-electron chi connectivity index (χ1n) is 7.95. The predicted octanol–water partition coefficient (Wildman–Crippen LogP) is 1.36. The Morgan fingerprint density at radius 1 is 1.48 bits per heavy atom. The Balaban J connectivity index is 1.60. The van der Waals surface area contributed by atoms with E-state index in [-0.39, 0.29) is 17.8 Å². The standard InChI is InChI=1S/C16H15N7O2/c17-5-3-12(9-1-2-9)20-16(25)23-8-10(7-19-23)11-4-6-18-14-13(11)21-15(24)22-14/h4,6-9,12H,1-3H2,(H,20,25)(H2,18,21,22,24). The zero-order valence-corrected chi connectivity index (χ0v) is 13.2. The van der Waals surface area contributed by atoms with Crippen LogP contribution in [0, 0.1) is 17.2 Å². The summed E-state index contributed by atoms with van der Waals surface area (Å²) in [5.41, 5.74) is 2.07. The Morgan fingerprint density at radius 2 is 2.32 bits per heavy atom. The summed E-state index contributed by atoms with van der Waals surface area (Å²) in [5, 5.41) is 15.9. The van der Waals surface area contributed by atoms with E-state index in [1.54, 1.807) is 24.7 Å². The normalized spacial score (nSPS) is 15.0. The minimum atomic E-state index is -0.369. The van der Waals surface area contributed by atoms with Crippen molar-refractivity contribution in [2.75, 3.05) is 0 Å². The number of pyridine rings is 1. The summed E-state index contributed by atoms with van der Waals surface area (Å²) in [6.07, 6.45) is 7.08. The van der Waals surface area contributed by atoms with Gasteiger partial charge in [0.1, 0.15) is 0 Å². The second-order valence-corrected chi connectivity index (χ2v) is 6.09. The van der Waals surface area contributed by atoms with Crippen LogP contribution in [-0.2, 0) is 0 Å². The lowest BCUT2D eigenvalue weighted by molar-refractivity contribution is 0.234. The highest BCUT2D eigenvalue weighted by molar-refractivity contribution is 5.89. The molecule has 0 radical (unpaired) electrons. The van der Waals surface area contributed by atoms with Gasteiger partial charge in [0.05, 0.1) is 24.2 Å². The average molecular weight is 337 g/mol. The molecular weight excluding hydrogens is 322 g/mol. The van der Waals surface area contributed by atoms with Crippen molar-refractivity contribution in [1.82, 2.24) is 30.0 Å². The molecule has 9 nitrogen and oxygen atoms in total. The molecule has 1 aliphatic rings. The Kier molecular flexibility index (Phi) is 3.57. The van der Waals surface area contributed by atoms with Crippen LogP contribution in [0.3, 0.4) is 0 Å². The van der Waals surface area contributed by atoms with Crippen molar-refractivity contribution >= 4 is 17.2 Å². The number of imidazole rings is 1. The van der Waals surface area contributed by atoms with Crippen molar-refractivity contribution < 1.29 is 4.79 Å². The number of carbonyl (C=O) groups is 1. The molecule has 3 heterocycles. The zero-order chi connectivity index (χ0) is 17.4. The van der Waals surface area contributed by atoms with E-state index in [2.05, 4.69) is 31.4 Å². The molecule has 1 fully saturated rings. The summed E-state index contributed by atoms with van der Waals surface area (Å²) in [6.45, 7) is 0. The predicted molar refractivity (Wildman–Crippen MR) is 88.6 cm³/mol. The van der Waals surface area contributed by atoms with Gasteiger partial charge in [0.25, 0.3) is 0 Å². The number of amides is 1. The van der Waals surface area contributed by atoms with Gasteiger partial charge in [-0.15, -0.1) is 0 Å². The number of aromatic amines is 2. The van der Waals surface area contributed by atoms with E-state index < -0.39 is 0 Å². The number of aromatic nitrogens is 5. The molecule has 1 atom stereocenters. The third-order valence-corrected chi connectivity index (χ3v) is 4.33. The Hall–Kier alpha value is -3.41. The number of carbonyl (C=O) groups excluding carboxylic acids is 1. The average Bonchev–Trinajstić information content (AvgIpc) is 3.19. The summed E-state index contributed by atoms with van der Waals surface area (Å²) < 4.78 is 1.21. The van der Waals surface area contributed by atoms with Crippen LogP contribution in [0.4, 0.5) is 4.79 Å². The van der Waals surface area contributed by atoms with Gasteiger partial charge in [-0.2, -0.15) is 15.0 Å². The van der Waals surface area contributed by atoms with E-state index in [9.17, 15) is 9.59 Å². The molecule has 25 heavy (non-hydrogen) atoms. The minimum absolute atomic E-state index is 0.140. The summed E-state index contributed by atoms with van der Waals surface area (Å²) in [7, 11) is 0. The second kappa shape index (κ2) is 5.90. The molecule has 3 aromatic heterocycles. The molecule has 3 aromatic rings. The molecule has 0 aliphatic heterocycles. The van der Waals surface area contributed by atoms with Crippen LogP contribution in [0.5, 0.6) is 0 Å². The van der Waals surface area contributed by atoms with Crippen molar-refractivity contribution in [3.63, 3.8) is 0 Å². The van der Waals surface area contributed by atoms with Crippen LogP contribution in [-0.4, -0.2) is 36.8 Å². The number of hydrogen-bond acceptors (Lipinski definition) is 5. The molecular formula is C16H15N7O2. The fraction of sp³-hybridized carbons (Fsp3) is 0.312. The monoisotopic (exact) mass is 337 g/mol. The number of rotatable bonds is 4. The van der Waals surface area contributed by atoms with Gasteiger partial charge in [-0.05, 0) is 24.8 Å². The quantitative estimate of drug-likeness (QED) is 0.661. The summed E-state index contributed by atoms with van der Waals surface area (Å²) in [5.74, 6) is 0.378. The van der Waals surface area contributed by atoms with Crippen molar-refractivity contribution in [1.29, 1.82) is 5.26 Å². The van der Waals surface area contributed by atoms with E-state index >= 15 is 0 Å². The smallest absolute Gasteiger partial charge is 0.332 e. The van der Waals surface area contributed by atoms with Gasteiger partial charge >= 0.3 is 11.7 Å². The lowest BCUT2D eigenvalue weighted by atomic mass is 10.1. The number of hydrogen-bond donors (Lipinski definition) is 3. The first kappa shape index (κ1) is 15.1. The molecule has 9 heteroatoms. The molecule has 1 unspecified atom stereocenters. The van der Waals surface area contributed by atoms with Crippen LogP contribution < -0.4 is 11.0 Å². The van der Waals surface area contributed by atoms with E-state index in [4.69, 9.17) is 5.26 Å². The maximum absolute atomic E-state index is 12.4. The summed E-state index contributed by atoms with van der Waals surface area (Å²) in [4.78, 5) is 33.2. The van der Waals surface area contributed by atoms with Gasteiger partial charge in [0, 0.05) is 29.6 Å². The van der Waals surface area contributed by atoms with Crippen LogP contribution in [0.2, 0.25) is 0 Å². The molecule has 0 saturated heterocycles. The highest BCUT2D eigenvalue weighted by Crippen LogP contribution is 2.34. The topological polar surface area (TPSA) is 132 Å². The third kappa shape index (κ3) is 2.89.